The third-order valence-electron chi connectivity index (χ3n) is 4.39. The van der Waals surface area contributed by atoms with E-state index in [2.05, 4.69) is 21.8 Å². The van der Waals surface area contributed by atoms with E-state index in [4.69, 9.17) is 23.2 Å². The van der Waals surface area contributed by atoms with Crippen molar-refractivity contribution in [1.82, 2.24) is 9.97 Å². The summed E-state index contributed by atoms with van der Waals surface area (Å²) in [5.74, 6) is 0.750. The zero-order valence-corrected chi connectivity index (χ0v) is 13.6. The second-order valence-electron chi connectivity index (χ2n) is 5.95. The van der Waals surface area contributed by atoms with Gasteiger partial charge in [-0.3, -0.25) is 0 Å². The van der Waals surface area contributed by atoms with Gasteiger partial charge in [0.2, 0.25) is 0 Å². The summed E-state index contributed by atoms with van der Waals surface area (Å²) in [6.07, 6.45) is 2.16. The maximum Gasteiger partial charge on any atom is 0.140 e. The van der Waals surface area contributed by atoms with Crippen molar-refractivity contribution in [3.63, 3.8) is 0 Å². The van der Waals surface area contributed by atoms with Gasteiger partial charge in [-0.15, -0.1) is 0 Å². The van der Waals surface area contributed by atoms with E-state index in [1.807, 2.05) is 6.07 Å². The molecular weight excluding hydrogens is 325 g/mol. The van der Waals surface area contributed by atoms with Crippen molar-refractivity contribution in [3.05, 3.63) is 28.5 Å². The van der Waals surface area contributed by atoms with Crippen LogP contribution in [0, 0.1) is 5.41 Å². The number of anilines is 1. The lowest BCUT2D eigenvalue weighted by atomic mass is 9.88. The minimum Gasteiger partial charge on any atom is -0.396 e. The molecule has 0 amide bonds. The molecule has 0 spiro atoms. The van der Waals surface area contributed by atoms with E-state index >= 15 is 0 Å². The molecule has 2 aromatic rings. The first-order chi connectivity index (χ1) is 10.5. The van der Waals surface area contributed by atoms with Crippen LogP contribution in [0.2, 0.25) is 10.0 Å². The zero-order valence-electron chi connectivity index (χ0n) is 12.1. The smallest absolute Gasteiger partial charge is 0.140 e. The average molecular weight is 342 g/mol. The van der Waals surface area contributed by atoms with Gasteiger partial charge in [0.1, 0.15) is 12.1 Å². The van der Waals surface area contributed by atoms with Crippen molar-refractivity contribution >= 4 is 39.9 Å². The maximum atomic E-state index is 9.63. The molecule has 0 bridgehead atoms. The third-order valence-corrected chi connectivity index (χ3v) is 5.18. The molecule has 1 saturated heterocycles. The molecule has 1 aliphatic rings. The zero-order chi connectivity index (χ0) is 15.9. The Bertz CT molecular complexity index is 706. The van der Waals surface area contributed by atoms with Gasteiger partial charge < -0.3 is 15.1 Å². The SMILES string of the molecule is CC1CC(CO)(CO)CN1c1ncnc2c(Cl)c(Cl)ccc12. The number of halogens is 2. The second-order valence-corrected chi connectivity index (χ2v) is 6.74. The van der Waals surface area contributed by atoms with Crippen LogP contribution in [0.3, 0.4) is 0 Å². The normalized spacial score (nSPS) is 20.8. The first-order valence-corrected chi connectivity index (χ1v) is 7.84. The van der Waals surface area contributed by atoms with Crippen molar-refractivity contribution in [2.45, 2.75) is 19.4 Å². The lowest BCUT2D eigenvalue weighted by Gasteiger charge is -2.26. The summed E-state index contributed by atoms with van der Waals surface area (Å²) in [4.78, 5) is 10.7. The lowest BCUT2D eigenvalue weighted by Crippen LogP contribution is -2.34. The van der Waals surface area contributed by atoms with Gasteiger partial charge >= 0.3 is 0 Å². The Balaban J connectivity index is 2.10. The lowest BCUT2D eigenvalue weighted by molar-refractivity contribution is 0.0706. The molecule has 118 valence electrons. The number of nitrogens with zero attached hydrogens (tertiary/aromatic N) is 3. The highest BCUT2D eigenvalue weighted by Gasteiger charge is 2.42. The minimum atomic E-state index is -0.507. The molecule has 1 aliphatic heterocycles. The molecule has 1 fully saturated rings. The summed E-state index contributed by atoms with van der Waals surface area (Å²) in [5, 5.41) is 20.9. The Morgan fingerprint density at radius 3 is 2.64 bits per heavy atom. The number of hydrogen-bond acceptors (Lipinski definition) is 5. The fourth-order valence-electron chi connectivity index (χ4n) is 3.17. The molecule has 7 heteroatoms. The van der Waals surface area contributed by atoms with Crippen LogP contribution in [0.25, 0.3) is 10.9 Å². The van der Waals surface area contributed by atoms with Crippen LogP contribution in [-0.2, 0) is 0 Å². The van der Waals surface area contributed by atoms with Gasteiger partial charge in [0.05, 0.1) is 28.8 Å². The third kappa shape index (κ3) is 2.42. The van der Waals surface area contributed by atoms with E-state index < -0.39 is 5.41 Å². The Morgan fingerprint density at radius 1 is 1.27 bits per heavy atom. The van der Waals surface area contributed by atoms with Gasteiger partial charge in [-0.2, -0.15) is 0 Å². The molecule has 1 aromatic heterocycles. The van der Waals surface area contributed by atoms with Gasteiger partial charge in [0, 0.05) is 23.4 Å². The van der Waals surface area contributed by atoms with Crippen molar-refractivity contribution in [1.29, 1.82) is 0 Å². The largest absolute Gasteiger partial charge is 0.396 e. The highest BCUT2D eigenvalue weighted by molar-refractivity contribution is 6.45. The van der Waals surface area contributed by atoms with E-state index in [1.54, 1.807) is 6.07 Å². The highest BCUT2D eigenvalue weighted by atomic mass is 35.5. The molecule has 1 aromatic carbocycles. The highest BCUT2D eigenvalue weighted by Crippen LogP contribution is 2.40. The van der Waals surface area contributed by atoms with Crippen LogP contribution >= 0.6 is 23.2 Å². The average Bonchev–Trinajstić information content (AvgIpc) is 2.88. The van der Waals surface area contributed by atoms with Crippen LogP contribution in [0.5, 0.6) is 0 Å². The first-order valence-electron chi connectivity index (χ1n) is 7.08. The van der Waals surface area contributed by atoms with Gasteiger partial charge in [0.25, 0.3) is 0 Å². The van der Waals surface area contributed by atoms with E-state index in [0.29, 0.717) is 28.5 Å². The number of hydrogen-bond donors (Lipinski definition) is 2. The summed E-state index contributed by atoms with van der Waals surface area (Å²) in [5.41, 5.74) is 0.101. The quantitative estimate of drug-likeness (QED) is 0.897. The van der Waals surface area contributed by atoms with Gasteiger partial charge in [-0.05, 0) is 25.5 Å². The van der Waals surface area contributed by atoms with E-state index in [1.165, 1.54) is 6.33 Å². The summed E-state index contributed by atoms with van der Waals surface area (Å²) >= 11 is 12.3. The minimum absolute atomic E-state index is 0.0556. The summed E-state index contributed by atoms with van der Waals surface area (Å²) in [7, 11) is 0. The van der Waals surface area contributed by atoms with E-state index in [0.717, 1.165) is 11.2 Å². The Hall–Kier alpha value is -1.14. The molecule has 1 atom stereocenters. The molecule has 2 N–H and O–H groups in total. The van der Waals surface area contributed by atoms with E-state index in [9.17, 15) is 10.2 Å². The molecule has 3 rings (SSSR count). The van der Waals surface area contributed by atoms with Crippen LogP contribution in [0.1, 0.15) is 13.3 Å². The summed E-state index contributed by atoms with van der Waals surface area (Å²) in [6, 6.07) is 3.72. The maximum absolute atomic E-state index is 9.63. The molecule has 1 unspecified atom stereocenters. The molecule has 5 nitrogen and oxygen atoms in total. The standard InChI is InChI=1S/C15H17Cl2N3O2/c1-9-4-15(6-21,7-22)5-20(9)14-10-2-3-11(16)12(17)13(10)18-8-19-14/h2-3,8-9,21-22H,4-7H2,1H3. The molecule has 0 radical (unpaired) electrons. The van der Waals surface area contributed by atoms with Crippen LogP contribution in [0.4, 0.5) is 5.82 Å². The number of aliphatic hydroxyl groups excluding tert-OH is 2. The first kappa shape index (κ1) is 15.7. The monoisotopic (exact) mass is 341 g/mol. The van der Waals surface area contributed by atoms with Crippen molar-refractivity contribution in [2.75, 3.05) is 24.7 Å². The Morgan fingerprint density at radius 2 is 2.00 bits per heavy atom. The number of fused-ring (bicyclic) bond motifs is 1. The topological polar surface area (TPSA) is 69.5 Å². The molecular formula is C15H17Cl2N3O2. The predicted octanol–water partition coefficient (Wildman–Crippen LogP) is 2.51. The van der Waals surface area contributed by atoms with Crippen LogP contribution in [0.15, 0.2) is 18.5 Å². The van der Waals surface area contributed by atoms with Gasteiger partial charge in [-0.25, -0.2) is 9.97 Å². The Kier molecular flexibility index (Phi) is 4.16. The van der Waals surface area contributed by atoms with E-state index in [-0.39, 0.29) is 19.3 Å². The second kappa shape index (κ2) is 5.81. The fourth-order valence-corrected chi connectivity index (χ4v) is 3.53. The molecule has 2 heterocycles. The van der Waals surface area contributed by atoms with Gasteiger partial charge in [0.15, 0.2) is 0 Å². The Labute approximate surface area is 138 Å². The fraction of sp³-hybridized carbons (Fsp3) is 0.467. The molecule has 0 saturated carbocycles. The number of rotatable bonds is 3. The summed E-state index contributed by atoms with van der Waals surface area (Å²) in [6.45, 7) is 2.48. The molecule has 22 heavy (non-hydrogen) atoms. The predicted molar refractivity (Wildman–Crippen MR) is 87.6 cm³/mol. The van der Waals surface area contributed by atoms with Crippen molar-refractivity contribution in [2.24, 2.45) is 5.41 Å². The van der Waals surface area contributed by atoms with Crippen molar-refractivity contribution in [3.8, 4) is 0 Å². The number of benzene rings is 1. The van der Waals surface area contributed by atoms with Gasteiger partial charge in [-0.1, -0.05) is 23.2 Å². The van der Waals surface area contributed by atoms with Crippen molar-refractivity contribution < 1.29 is 10.2 Å². The van der Waals surface area contributed by atoms with Crippen LogP contribution in [-0.4, -0.2) is 46.0 Å². The number of aliphatic hydroxyl groups is 2. The molecule has 0 aliphatic carbocycles. The summed E-state index contributed by atoms with van der Waals surface area (Å²) < 4.78 is 0. The van der Waals surface area contributed by atoms with Crippen LogP contribution < -0.4 is 4.90 Å². The number of aromatic nitrogens is 2.